The predicted molar refractivity (Wildman–Crippen MR) is 135 cm³/mol. The Morgan fingerprint density at radius 1 is 1.06 bits per heavy atom. The van der Waals surface area contributed by atoms with Gasteiger partial charge in [-0.25, -0.2) is 4.98 Å². The van der Waals surface area contributed by atoms with Crippen molar-refractivity contribution in [2.24, 2.45) is 0 Å². The van der Waals surface area contributed by atoms with Gasteiger partial charge in [-0.15, -0.1) is 0 Å². The van der Waals surface area contributed by atoms with Gasteiger partial charge in [0.1, 0.15) is 5.69 Å². The average Bonchev–Trinajstić information content (AvgIpc) is 3.14. The number of Topliss-reactive ketones (excluding diaryl/α,β-unsaturated/α-hetero) is 1. The van der Waals surface area contributed by atoms with Crippen LogP contribution in [0.25, 0.3) is 11.0 Å². The molecule has 0 aliphatic carbocycles. The van der Waals surface area contributed by atoms with E-state index in [1.165, 1.54) is 0 Å². The van der Waals surface area contributed by atoms with Crippen LogP contribution < -0.4 is 5.56 Å². The molecule has 3 aromatic rings. The minimum atomic E-state index is -0.526. The number of hydrogen-bond acceptors (Lipinski definition) is 6. The average molecular weight is 482 g/mol. The van der Waals surface area contributed by atoms with E-state index in [1.807, 2.05) is 44.2 Å². The molecule has 0 aliphatic rings. The van der Waals surface area contributed by atoms with E-state index in [0.717, 1.165) is 48.2 Å². The molecule has 0 bridgehead atoms. The van der Waals surface area contributed by atoms with Crippen molar-refractivity contribution in [1.82, 2.24) is 14.1 Å². The van der Waals surface area contributed by atoms with E-state index in [0.29, 0.717) is 24.4 Å². The Kier molecular flexibility index (Phi) is 9.37. The van der Waals surface area contributed by atoms with Crippen molar-refractivity contribution in [2.75, 3.05) is 20.3 Å². The van der Waals surface area contributed by atoms with Crippen LogP contribution in [0.5, 0.6) is 0 Å². The third kappa shape index (κ3) is 6.45. The summed E-state index contributed by atoms with van der Waals surface area (Å²) in [6, 6.07) is 9.34. The standard InChI is InChI=1S/C27H35N3O5/c1-5-6-14-30-24-11-8-7-10-22(24)28-23(27(30)33)12-13-26(32)35-18-25(31)21-17-19(2)29(20(21)3)15-9-16-34-4/h7-8,10-11,17H,5-6,9,12-16,18H2,1-4H3. The van der Waals surface area contributed by atoms with Crippen LogP contribution in [0.15, 0.2) is 35.1 Å². The maximum Gasteiger partial charge on any atom is 0.306 e. The zero-order chi connectivity index (χ0) is 25.4. The minimum absolute atomic E-state index is 0.0162. The van der Waals surface area contributed by atoms with E-state index in [-0.39, 0.29) is 30.8 Å². The van der Waals surface area contributed by atoms with E-state index in [4.69, 9.17) is 9.47 Å². The van der Waals surface area contributed by atoms with Crippen LogP contribution in [0.1, 0.15) is 60.0 Å². The Balaban J connectivity index is 1.62. The smallest absolute Gasteiger partial charge is 0.306 e. The largest absolute Gasteiger partial charge is 0.457 e. The normalized spacial score (nSPS) is 11.2. The van der Waals surface area contributed by atoms with Crippen molar-refractivity contribution < 1.29 is 19.1 Å². The van der Waals surface area contributed by atoms with Crippen molar-refractivity contribution in [3.05, 3.63) is 63.3 Å². The van der Waals surface area contributed by atoms with Crippen molar-refractivity contribution in [3.63, 3.8) is 0 Å². The third-order valence-corrected chi connectivity index (χ3v) is 6.19. The highest BCUT2D eigenvalue weighted by Gasteiger charge is 2.18. The predicted octanol–water partition coefficient (Wildman–Crippen LogP) is 4.01. The Labute approximate surface area is 205 Å². The molecular weight excluding hydrogens is 446 g/mol. The second-order valence-electron chi connectivity index (χ2n) is 8.72. The number of ketones is 1. The summed E-state index contributed by atoms with van der Waals surface area (Å²) in [5.41, 5.74) is 4.07. The Bertz CT molecular complexity index is 1240. The summed E-state index contributed by atoms with van der Waals surface area (Å²) in [4.78, 5) is 42.6. The van der Waals surface area contributed by atoms with Crippen LogP contribution in [0.2, 0.25) is 0 Å². The lowest BCUT2D eigenvalue weighted by atomic mass is 10.1. The highest BCUT2D eigenvalue weighted by molar-refractivity contribution is 5.99. The lowest BCUT2D eigenvalue weighted by Gasteiger charge is -2.12. The van der Waals surface area contributed by atoms with Gasteiger partial charge in [-0.05, 0) is 44.9 Å². The molecule has 0 aliphatic heterocycles. The van der Waals surface area contributed by atoms with Crippen LogP contribution in [0, 0.1) is 13.8 Å². The molecule has 0 unspecified atom stereocenters. The molecule has 3 rings (SSSR count). The van der Waals surface area contributed by atoms with Gasteiger partial charge in [0.15, 0.2) is 6.61 Å². The molecule has 1 aromatic carbocycles. The van der Waals surface area contributed by atoms with Gasteiger partial charge >= 0.3 is 5.97 Å². The van der Waals surface area contributed by atoms with Crippen molar-refractivity contribution in [1.29, 1.82) is 0 Å². The molecule has 0 amide bonds. The Morgan fingerprint density at radius 3 is 2.54 bits per heavy atom. The first-order chi connectivity index (χ1) is 16.9. The molecule has 0 N–H and O–H groups in total. The molecule has 0 fully saturated rings. The number of ether oxygens (including phenoxy) is 2. The summed E-state index contributed by atoms with van der Waals surface area (Å²) >= 11 is 0. The number of rotatable bonds is 13. The first-order valence-electron chi connectivity index (χ1n) is 12.2. The van der Waals surface area contributed by atoms with Crippen molar-refractivity contribution in [2.45, 2.75) is 66.0 Å². The van der Waals surface area contributed by atoms with E-state index >= 15 is 0 Å². The Hall–Kier alpha value is -3.26. The second kappa shape index (κ2) is 12.4. The van der Waals surface area contributed by atoms with Crippen LogP contribution in [0.4, 0.5) is 0 Å². The zero-order valence-corrected chi connectivity index (χ0v) is 21.1. The summed E-state index contributed by atoms with van der Waals surface area (Å²) in [5, 5.41) is 0. The fourth-order valence-electron chi connectivity index (χ4n) is 4.26. The van der Waals surface area contributed by atoms with Crippen LogP contribution >= 0.6 is 0 Å². The molecule has 0 saturated carbocycles. The summed E-state index contributed by atoms with van der Waals surface area (Å²) in [6.45, 7) is 7.60. The molecule has 188 valence electrons. The number of para-hydroxylation sites is 2. The van der Waals surface area contributed by atoms with Gasteiger partial charge in [-0.2, -0.15) is 0 Å². The summed E-state index contributed by atoms with van der Waals surface area (Å²) in [6.07, 6.45) is 2.84. The number of fused-ring (bicyclic) bond motifs is 1. The molecule has 0 radical (unpaired) electrons. The van der Waals surface area contributed by atoms with E-state index in [2.05, 4.69) is 16.5 Å². The number of methoxy groups -OCH3 is 1. The van der Waals surface area contributed by atoms with Crippen LogP contribution in [0.3, 0.4) is 0 Å². The second-order valence-corrected chi connectivity index (χ2v) is 8.72. The number of aromatic nitrogens is 3. The van der Waals surface area contributed by atoms with Gasteiger partial charge in [0.05, 0.1) is 17.5 Å². The first-order valence-corrected chi connectivity index (χ1v) is 12.2. The lowest BCUT2D eigenvalue weighted by Crippen LogP contribution is -2.26. The molecule has 0 spiro atoms. The zero-order valence-electron chi connectivity index (χ0n) is 21.1. The summed E-state index contributed by atoms with van der Waals surface area (Å²) in [5.74, 6) is -0.767. The maximum absolute atomic E-state index is 13.0. The molecule has 2 heterocycles. The van der Waals surface area contributed by atoms with E-state index in [1.54, 1.807) is 11.7 Å². The topological polar surface area (TPSA) is 92.4 Å². The number of hydrogen-bond donors (Lipinski definition) is 0. The third-order valence-electron chi connectivity index (χ3n) is 6.19. The fourth-order valence-corrected chi connectivity index (χ4v) is 4.26. The van der Waals surface area contributed by atoms with Crippen LogP contribution in [-0.4, -0.2) is 46.2 Å². The molecule has 8 heteroatoms. The van der Waals surface area contributed by atoms with E-state index in [9.17, 15) is 14.4 Å². The van der Waals surface area contributed by atoms with Gasteiger partial charge in [0, 0.05) is 50.2 Å². The molecule has 8 nitrogen and oxygen atoms in total. The van der Waals surface area contributed by atoms with Crippen LogP contribution in [-0.2, 0) is 33.8 Å². The number of carbonyl (C=O) groups is 2. The molecule has 0 atom stereocenters. The number of unbranched alkanes of at least 4 members (excludes halogenated alkanes) is 1. The van der Waals surface area contributed by atoms with Gasteiger partial charge in [-0.3, -0.25) is 14.4 Å². The van der Waals surface area contributed by atoms with Gasteiger partial charge in [-0.1, -0.05) is 25.5 Å². The fraction of sp³-hybridized carbons (Fsp3) is 0.481. The molecule has 35 heavy (non-hydrogen) atoms. The molecule has 0 saturated heterocycles. The first kappa shape index (κ1) is 26.3. The minimum Gasteiger partial charge on any atom is -0.457 e. The lowest BCUT2D eigenvalue weighted by molar-refractivity contribution is -0.142. The molecular formula is C27H35N3O5. The quantitative estimate of drug-likeness (QED) is 0.208. The molecule has 2 aromatic heterocycles. The SMILES string of the molecule is CCCCn1c(=O)c(CCC(=O)OCC(=O)c2cc(C)n(CCCOC)c2C)nc2ccccc21. The summed E-state index contributed by atoms with van der Waals surface area (Å²) in [7, 11) is 1.66. The summed E-state index contributed by atoms with van der Waals surface area (Å²) < 4.78 is 14.2. The monoisotopic (exact) mass is 481 g/mol. The highest BCUT2D eigenvalue weighted by atomic mass is 16.5. The maximum atomic E-state index is 13.0. The van der Waals surface area contributed by atoms with Gasteiger partial charge in [0.25, 0.3) is 5.56 Å². The Morgan fingerprint density at radius 2 is 1.80 bits per heavy atom. The van der Waals surface area contributed by atoms with Crippen molar-refractivity contribution in [3.8, 4) is 0 Å². The number of carbonyl (C=O) groups excluding carboxylic acids is 2. The van der Waals surface area contributed by atoms with Gasteiger partial charge in [0.2, 0.25) is 5.78 Å². The number of benzene rings is 1. The van der Waals surface area contributed by atoms with E-state index < -0.39 is 5.97 Å². The number of esters is 1. The number of nitrogens with zero attached hydrogens (tertiary/aromatic N) is 3. The van der Waals surface area contributed by atoms with Crippen molar-refractivity contribution >= 4 is 22.8 Å². The van der Waals surface area contributed by atoms with Gasteiger partial charge < -0.3 is 18.6 Å². The highest BCUT2D eigenvalue weighted by Crippen LogP contribution is 2.17. The number of aryl methyl sites for hydroxylation is 3.